The Hall–Kier alpha value is -2.90. The van der Waals surface area contributed by atoms with Crippen LogP contribution in [0, 0.1) is 5.92 Å². The molecule has 0 spiro atoms. The highest BCUT2D eigenvalue weighted by molar-refractivity contribution is 6.01. The first-order chi connectivity index (χ1) is 11.8. The lowest BCUT2D eigenvalue weighted by atomic mass is 10.1. The zero-order chi connectivity index (χ0) is 18.6. The van der Waals surface area contributed by atoms with Gasteiger partial charge in [0.2, 0.25) is 5.91 Å². The second-order valence-electron chi connectivity index (χ2n) is 5.82. The van der Waals surface area contributed by atoms with Gasteiger partial charge < -0.3 is 15.4 Å². The summed E-state index contributed by atoms with van der Waals surface area (Å²) in [5.74, 6) is -2.30. The van der Waals surface area contributed by atoms with E-state index in [-0.39, 0.29) is 18.9 Å². The molecule has 0 unspecified atom stereocenters. The quantitative estimate of drug-likeness (QED) is 0.761. The first-order valence-electron chi connectivity index (χ1n) is 8.02. The van der Waals surface area contributed by atoms with Crippen molar-refractivity contribution < 1.29 is 23.9 Å². The predicted molar refractivity (Wildman–Crippen MR) is 89.6 cm³/mol. The van der Waals surface area contributed by atoms with E-state index in [0.29, 0.717) is 0 Å². The summed E-state index contributed by atoms with van der Waals surface area (Å²) in [7, 11) is 0. The minimum absolute atomic E-state index is 0.0149. The number of ether oxygens (including phenoxy) is 1. The van der Waals surface area contributed by atoms with Crippen LogP contribution in [0.2, 0.25) is 0 Å². The average Bonchev–Trinajstić information content (AvgIpc) is 2.95. The summed E-state index contributed by atoms with van der Waals surface area (Å²) in [6.07, 6.45) is -0.396. The summed E-state index contributed by atoms with van der Waals surface area (Å²) in [4.78, 5) is 48.3. The molecule has 8 heteroatoms. The van der Waals surface area contributed by atoms with Crippen molar-refractivity contribution in [2.24, 2.45) is 11.7 Å². The topological polar surface area (TPSA) is 119 Å². The van der Waals surface area contributed by atoms with Gasteiger partial charge in [-0.2, -0.15) is 0 Å². The third-order valence-electron chi connectivity index (χ3n) is 4.03. The van der Waals surface area contributed by atoms with Crippen LogP contribution in [0.4, 0.5) is 10.5 Å². The molecule has 1 aromatic carbocycles. The maximum absolute atomic E-state index is 12.3. The number of urea groups is 1. The molecule has 1 fully saturated rings. The van der Waals surface area contributed by atoms with E-state index in [1.54, 1.807) is 4.90 Å². The van der Waals surface area contributed by atoms with Crippen LogP contribution in [0.1, 0.15) is 25.8 Å². The number of esters is 1. The van der Waals surface area contributed by atoms with Crippen LogP contribution in [0.3, 0.4) is 0 Å². The molecule has 25 heavy (non-hydrogen) atoms. The van der Waals surface area contributed by atoms with Crippen molar-refractivity contribution in [3.8, 4) is 0 Å². The van der Waals surface area contributed by atoms with Crippen LogP contribution in [-0.2, 0) is 25.5 Å². The summed E-state index contributed by atoms with van der Waals surface area (Å²) in [6.45, 7) is 3.51. The van der Waals surface area contributed by atoms with Crippen molar-refractivity contribution in [2.45, 2.75) is 32.8 Å². The predicted octanol–water partition coefficient (Wildman–Crippen LogP) is 0.729. The van der Waals surface area contributed by atoms with Crippen LogP contribution in [0.5, 0.6) is 0 Å². The molecule has 0 bridgehead atoms. The van der Waals surface area contributed by atoms with Crippen molar-refractivity contribution in [1.29, 1.82) is 0 Å². The number of imide groups is 1. The molecule has 0 aromatic heterocycles. The van der Waals surface area contributed by atoms with Gasteiger partial charge >= 0.3 is 12.0 Å². The van der Waals surface area contributed by atoms with E-state index in [2.05, 4.69) is 0 Å². The third-order valence-corrected chi connectivity index (χ3v) is 4.03. The van der Waals surface area contributed by atoms with Gasteiger partial charge in [-0.05, 0) is 25.0 Å². The number of hydrogen-bond acceptors (Lipinski definition) is 5. The van der Waals surface area contributed by atoms with E-state index in [4.69, 9.17) is 10.5 Å². The standard InChI is InChI=1S/C17H21N3O5/c1-3-11-6-4-5-7-13(11)20-9-12(8-14(20)21)16(23)25-10(2)15(22)19-17(18)24/h4-7,10,12H,3,8-9H2,1-2H3,(H3,18,19,22,24)/t10-,12-/m0/s1. The van der Waals surface area contributed by atoms with Crippen molar-refractivity contribution in [3.05, 3.63) is 29.8 Å². The third kappa shape index (κ3) is 4.34. The fourth-order valence-corrected chi connectivity index (χ4v) is 2.72. The second-order valence-corrected chi connectivity index (χ2v) is 5.82. The van der Waals surface area contributed by atoms with Gasteiger partial charge in [0.05, 0.1) is 5.92 Å². The Balaban J connectivity index is 2.03. The minimum atomic E-state index is -1.17. The number of anilines is 1. The Morgan fingerprint density at radius 3 is 2.68 bits per heavy atom. The molecule has 8 nitrogen and oxygen atoms in total. The molecule has 0 radical (unpaired) electrons. The Kier molecular flexibility index (Phi) is 5.74. The number of nitrogens with two attached hydrogens (primary N) is 1. The number of benzene rings is 1. The van der Waals surface area contributed by atoms with Gasteiger partial charge in [0.1, 0.15) is 0 Å². The van der Waals surface area contributed by atoms with Crippen molar-refractivity contribution >= 4 is 29.5 Å². The summed E-state index contributed by atoms with van der Waals surface area (Å²) in [5, 5.41) is 1.84. The van der Waals surface area contributed by atoms with Gasteiger partial charge in [0.25, 0.3) is 5.91 Å². The number of carbonyl (C=O) groups excluding carboxylic acids is 4. The smallest absolute Gasteiger partial charge is 0.318 e. The van der Waals surface area contributed by atoms with E-state index in [1.165, 1.54) is 6.92 Å². The van der Waals surface area contributed by atoms with Crippen LogP contribution in [0.25, 0.3) is 0 Å². The highest BCUT2D eigenvalue weighted by Gasteiger charge is 2.37. The lowest BCUT2D eigenvalue weighted by Crippen LogP contribution is -2.42. The number of hydrogen-bond donors (Lipinski definition) is 2. The Morgan fingerprint density at radius 1 is 1.36 bits per heavy atom. The average molecular weight is 347 g/mol. The number of nitrogens with one attached hydrogen (secondary N) is 1. The second kappa shape index (κ2) is 7.78. The van der Waals surface area contributed by atoms with E-state index < -0.39 is 29.9 Å². The summed E-state index contributed by atoms with van der Waals surface area (Å²) in [5.41, 5.74) is 6.64. The highest BCUT2D eigenvalue weighted by atomic mass is 16.5. The lowest BCUT2D eigenvalue weighted by molar-refractivity contribution is -0.158. The molecule has 1 saturated heterocycles. The highest BCUT2D eigenvalue weighted by Crippen LogP contribution is 2.29. The summed E-state index contributed by atoms with van der Waals surface area (Å²) < 4.78 is 5.05. The van der Waals surface area contributed by atoms with E-state index in [9.17, 15) is 19.2 Å². The molecular formula is C17H21N3O5. The number of para-hydroxylation sites is 1. The van der Waals surface area contributed by atoms with Crippen LogP contribution < -0.4 is 16.0 Å². The zero-order valence-electron chi connectivity index (χ0n) is 14.2. The zero-order valence-corrected chi connectivity index (χ0v) is 14.2. The molecule has 0 aliphatic carbocycles. The first-order valence-corrected chi connectivity index (χ1v) is 8.02. The van der Waals surface area contributed by atoms with Gasteiger partial charge in [-0.1, -0.05) is 25.1 Å². The van der Waals surface area contributed by atoms with Crippen LogP contribution in [0.15, 0.2) is 24.3 Å². The number of primary amides is 1. The van der Waals surface area contributed by atoms with Gasteiger partial charge in [-0.3, -0.25) is 19.7 Å². The van der Waals surface area contributed by atoms with Crippen LogP contribution >= 0.6 is 0 Å². The van der Waals surface area contributed by atoms with Crippen LogP contribution in [-0.4, -0.2) is 36.5 Å². The fraction of sp³-hybridized carbons (Fsp3) is 0.412. The first kappa shape index (κ1) is 18.4. The van der Waals surface area contributed by atoms with E-state index in [1.807, 2.05) is 36.5 Å². The van der Waals surface area contributed by atoms with Gasteiger partial charge in [0.15, 0.2) is 6.10 Å². The maximum Gasteiger partial charge on any atom is 0.318 e. The van der Waals surface area contributed by atoms with Crippen molar-refractivity contribution in [1.82, 2.24) is 5.32 Å². The van der Waals surface area contributed by atoms with E-state index in [0.717, 1.165) is 17.7 Å². The molecule has 4 amide bonds. The molecule has 134 valence electrons. The summed E-state index contributed by atoms with van der Waals surface area (Å²) in [6, 6.07) is 6.49. The van der Waals surface area contributed by atoms with Gasteiger partial charge in [0, 0.05) is 18.7 Å². The largest absolute Gasteiger partial charge is 0.452 e. The molecule has 3 N–H and O–H groups in total. The monoisotopic (exact) mass is 347 g/mol. The number of aryl methyl sites for hydroxylation is 1. The molecule has 1 heterocycles. The molecule has 0 saturated carbocycles. The molecule has 1 aliphatic heterocycles. The SMILES string of the molecule is CCc1ccccc1N1C[C@@H](C(=O)O[C@@H](C)C(=O)NC(N)=O)CC1=O. The molecule has 1 aliphatic rings. The number of nitrogens with zero attached hydrogens (tertiary/aromatic N) is 1. The summed E-state index contributed by atoms with van der Waals surface area (Å²) >= 11 is 0. The van der Waals surface area contributed by atoms with Crippen molar-refractivity contribution in [3.63, 3.8) is 0 Å². The molecule has 1 aromatic rings. The minimum Gasteiger partial charge on any atom is -0.452 e. The fourth-order valence-electron chi connectivity index (χ4n) is 2.72. The Labute approximate surface area is 145 Å². The normalized spacial score (nSPS) is 17.9. The lowest BCUT2D eigenvalue weighted by Gasteiger charge is -2.20. The van der Waals surface area contributed by atoms with E-state index >= 15 is 0 Å². The van der Waals surface area contributed by atoms with Crippen molar-refractivity contribution in [2.75, 3.05) is 11.4 Å². The number of amides is 4. The van der Waals surface area contributed by atoms with Gasteiger partial charge in [-0.15, -0.1) is 0 Å². The molecule has 2 atom stereocenters. The number of rotatable bonds is 5. The number of carbonyl (C=O) groups is 4. The maximum atomic E-state index is 12.3. The Bertz CT molecular complexity index is 703. The Morgan fingerprint density at radius 2 is 2.04 bits per heavy atom. The molecule has 2 rings (SSSR count). The molecular weight excluding hydrogens is 326 g/mol. The van der Waals surface area contributed by atoms with Gasteiger partial charge in [-0.25, -0.2) is 4.79 Å².